The van der Waals surface area contributed by atoms with Crippen LogP contribution in [0.1, 0.15) is 13.3 Å². The average Bonchev–Trinajstić information content (AvgIpc) is 2.53. The quantitative estimate of drug-likeness (QED) is 0.682. The van der Waals surface area contributed by atoms with Crippen LogP contribution in [0.15, 0.2) is 29.2 Å². The van der Waals surface area contributed by atoms with Crippen LogP contribution in [-0.4, -0.2) is 47.2 Å². The third-order valence-corrected chi connectivity index (χ3v) is 4.38. The van der Waals surface area contributed by atoms with E-state index in [1.807, 2.05) is 0 Å². The van der Waals surface area contributed by atoms with Gasteiger partial charge in [-0.2, -0.15) is 4.72 Å². The van der Waals surface area contributed by atoms with E-state index in [0.29, 0.717) is 5.75 Å². The van der Waals surface area contributed by atoms with Gasteiger partial charge in [-0.25, -0.2) is 8.42 Å². The van der Waals surface area contributed by atoms with E-state index in [4.69, 9.17) is 4.74 Å². The summed E-state index contributed by atoms with van der Waals surface area (Å²) in [5.74, 6) is -0.671. The highest BCUT2D eigenvalue weighted by atomic mass is 32.2. The number of sulfonamides is 1. The van der Waals surface area contributed by atoms with E-state index < -0.39 is 28.0 Å². The molecule has 0 aliphatic rings. The van der Waals surface area contributed by atoms with Gasteiger partial charge >= 0.3 is 11.9 Å². The van der Waals surface area contributed by atoms with Crippen molar-refractivity contribution in [2.24, 2.45) is 0 Å². The zero-order chi connectivity index (χ0) is 17.5. The number of methoxy groups -OCH3 is 2. The van der Waals surface area contributed by atoms with Crippen molar-refractivity contribution < 1.29 is 32.2 Å². The fourth-order valence-electron chi connectivity index (χ4n) is 1.59. The van der Waals surface area contributed by atoms with E-state index in [2.05, 4.69) is 14.2 Å². The molecule has 0 saturated carbocycles. The highest BCUT2D eigenvalue weighted by Crippen LogP contribution is 2.16. The number of hydrogen-bond acceptors (Lipinski definition) is 7. The number of carbonyl (C=O) groups excluding carboxylic acids is 2. The van der Waals surface area contributed by atoms with Crippen molar-refractivity contribution in [1.29, 1.82) is 0 Å². The molecular formula is C14H19NO7S. The van der Waals surface area contributed by atoms with Gasteiger partial charge in [-0.05, 0) is 31.2 Å². The summed E-state index contributed by atoms with van der Waals surface area (Å²) < 4.78 is 40.6. The molecule has 23 heavy (non-hydrogen) atoms. The molecule has 0 heterocycles. The first-order valence-electron chi connectivity index (χ1n) is 6.70. The van der Waals surface area contributed by atoms with Crippen LogP contribution in [0, 0.1) is 0 Å². The van der Waals surface area contributed by atoms with Crippen molar-refractivity contribution in [3.8, 4) is 5.75 Å². The van der Waals surface area contributed by atoms with E-state index in [1.54, 1.807) is 0 Å². The first-order valence-corrected chi connectivity index (χ1v) is 8.18. The van der Waals surface area contributed by atoms with Crippen LogP contribution in [0.3, 0.4) is 0 Å². The van der Waals surface area contributed by atoms with Crippen molar-refractivity contribution in [3.05, 3.63) is 24.3 Å². The number of esters is 2. The standard InChI is InChI=1S/C14H19NO7S/c1-10(14(17)21-3)15-23(18,19)12-6-4-11(5-7-12)22-9-8-13(16)20-2/h4-7,10,15H,8-9H2,1-3H3/t10-/m0/s1. The third-order valence-electron chi connectivity index (χ3n) is 2.82. The van der Waals surface area contributed by atoms with Crippen LogP contribution in [0.4, 0.5) is 0 Å². The number of benzene rings is 1. The van der Waals surface area contributed by atoms with Gasteiger partial charge in [0.05, 0.1) is 32.1 Å². The maximum absolute atomic E-state index is 12.1. The molecule has 1 rings (SSSR count). The van der Waals surface area contributed by atoms with Gasteiger partial charge in [0.15, 0.2) is 0 Å². The van der Waals surface area contributed by atoms with Crippen LogP contribution in [0.5, 0.6) is 5.75 Å². The molecule has 0 aliphatic heterocycles. The molecule has 8 nitrogen and oxygen atoms in total. The highest BCUT2D eigenvalue weighted by Gasteiger charge is 2.22. The lowest BCUT2D eigenvalue weighted by molar-refractivity contribution is -0.142. The monoisotopic (exact) mass is 345 g/mol. The molecule has 0 aliphatic carbocycles. The van der Waals surface area contributed by atoms with E-state index in [9.17, 15) is 18.0 Å². The topological polar surface area (TPSA) is 108 Å². The summed E-state index contributed by atoms with van der Waals surface area (Å²) in [7, 11) is -1.39. The number of carbonyl (C=O) groups is 2. The molecule has 1 atom stereocenters. The Bertz CT molecular complexity index is 640. The minimum Gasteiger partial charge on any atom is -0.493 e. The van der Waals surface area contributed by atoms with Crippen LogP contribution in [0.2, 0.25) is 0 Å². The second kappa shape index (κ2) is 8.49. The fraction of sp³-hybridized carbons (Fsp3) is 0.429. The first-order chi connectivity index (χ1) is 10.8. The molecule has 0 bridgehead atoms. The maximum atomic E-state index is 12.1. The van der Waals surface area contributed by atoms with Crippen molar-refractivity contribution >= 4 is 22.0 Å². The molecule has 0 unspecified atom stereocenters. The Kier molecular flexibility index (Phi) is 6.98. The summed E-state index contributed by atoms with van der Waals surface area (Å²) in [5, 5.41) is 0. The Balaban J connectivity index is 2.68. The second-order valence-corrected chi connectivity index (χ2v) is 6.23. The molecule has 128 valence electrons. The average molecular weight is 345 g/mol. The van der Waals surface area contributed by atoms with Crippen LogP contribution in [0.25, 0.3) is 0 Å². The Labute approximate surface area is 134 Å². The number of hydrogen-bond donors (Lipinski definition) is 1. The molecule has 9 heteroatoms. The lowest BCUT2D eigenvalue weighted by Gasteiger charge is -2.12. The van der Waals surface area contributed by atoms with E-state index in [0.717, 1.165) is 0 Å². The minimum absolute atomic E-state index is 0.0198. The normalized spacial score (nSPS) is 12.3. The largest absolute Gasteiger partial charge is 0.493 e. The molecule has 0 amide bonds. The molecule has 1 aromatic rings. The van der Waals surface area contributed by atoms with E-state index in [1.165, 1.54) is 45.4 Å². The number of nitrogens with one attached hydrogen (secondary N) is 1. The fourth-order valence-corrected chi connectivity index (χ4v) is 2.79. The van der Waals surface area contributed by atoms with Crippen molar-refractivity contribution in [2.75, 3.05) is 20.8 Å². The molecule has 0 spiro atoms. The summed E-state index contributed by atoms with van der Waals surface area (Å²) in [6, 6.07) is 4.57. The molecule has 0 saturated heterocycles. The molecular weight excluding hydrogens is 326 g/mol. The predicted octanol–water partition coefficient (Wildman–Crippen LogP) is 0.468. The van der Waals surface area contributed by atoms with Crippen LogP contribution in [-0.2, 0) is 29.1 Å². The van der Waals surface area contributed by atoms with Crippen LogP contribution < -0.4 is 9.46 Å². The lowest BCUT2D eigenvalue weighted by atomic mass is 10.3. The predicted molar refractivity (Wildman–Crippen MR) is 80.4 cm³/mol. The van der Waals surface area contributed by atoms with Gasteiger partial charge in [-0.15, -0.1) is 0 Å². The second-order valence-electron chi connectivity index (χ2n) is 4.51. The number of rotatable bonds is 8. The molecule has 0 aromatic heterocycles. The van der Waals surface area contributed by atoms with Crippen molar-refractivity contribution in [1.82, 2.24) is 4.72 Å². The lowest BCUT2D eigenvalue weighted by Crippen LogP contribution is -2.39. The summed E-state index contributed by atoms with van der Waals surface area (Å²) >= 11 is 0. The summed E-state index contributed by atoms with van der Waals surface area (Å²) in [5.41, 5.74) is 0. The molecule has 1 N–H and O–H groups in total. The van der Waals surface area contributed by atoms with Gasteiger partial charge in [0.1, 0.15) is 11.8 Å². The van der Waals surface area contributed by atoms with E-state index in [-0.39, 0.29) is 17.9 Å². The Hall–Kier alpha value is -2.13. The van der Waals surface area contributed by atoms with Crippen LogP contribution >= 0.6 is 0 Å². The zero-order valence-corrected chi connectivity index (χ0v) is 13.9. The van der Waals surface area contributed by atoms with Crippen molar-refractivity contribution in [2.45, 2.75) is 24.3 Å². The Morgan fingerprint density at radius 3 is 2.26 bits per heavy atom. The molecule has 1 aromatic carbocycles. The van der Waals surface area contributed by atoms with Gasteiger partial charge in [-0.3, -0.25) is 9.59 Å². The summed E-state index contributed by atoms with van der Waals surface area (Å²) in [4.78, 5) is 22.2. The molecule has 0 radical (unpaired) electrons. The first kappa shape index (κ1) is 18.9. The number of ether oxygens (including phenoxy) is 3. The smallest absolute Gasteiger partial charge is 0.323 e. The van der Waals surface area contributed by atoms with Gasteiger partial charge < -0.3 is 14.2 Å². The van der Waals surface area contributed by atoms with Gasteiger partial charge in [-0.1, -0.05) is 0 Å². The highest BCUT2D eigenvalue weighted by molar-refractivity contribution is 7.89. The zero-order valence-electron chi connectivity index (χ0n) is 13.1. The summed E-state index contributed by atoms with van der Waals surface area (Å²) in [6.07, 6.45) is 0.0920. The van der Waals surface area contributed by atoms with Gasteiger partial charge in [0, 0.05) is 0 Å². The van der Waals surface area contributed by atoms with Crippen molar-refractivity contribution in [3.63, 3.8) is 0 Å². The SMILES string of the molecule is COC(=O)CCOc1ccc(S(=O)(=O)N[C@@H](C)C(=O)OC)cc1. The van der Waals surface area contributed by atoms with Gasteiger partial charge in [0.25, 0.3) is 0 Å². The maximum Gasteiger partial charge on any atom is 0.323 e. The Morgan fingerprint density at radius 1 is 1.13 bits per heavy atom. The Morgan fingerprint density at radius 2 is 1.74 bits per heavy atom. The van der Waals surface area contributed by atoms with E-state index >= 15 is 0 Å². The minimum atomic E-state index is -3.85. The third kappa shape index (κ3) is 5.87. The van der Waals surface area contributed by atoms with Gasteiger partial charge in [0.2, 0.25) is 10.0 Å². The molecule has 0 fully saturated rings. The summed E-state index contributed by atoms with van der Waals surface area (Å²) in [6.45, 7) is 1.50.